The van der Waals surface area contributed by atoms with E-state index in [9.17, 15) is 0 Å². The lowest BCUT2D eigenvalue weighted by Crippen LogP contribution is -2.10. The average molecular weight is 685 g/mol. The fraction of sp³-hybridized carbons (Fsp3) is 0.360. The second kappa shape index (κ2) is 12.2. The number of nitrogens with zero attached hydrogens (tertiary/aromatic N) is 2. The van der Waals surface area contributed by atoms with Gasteiger partial charge in [0.25, 0.3) is 0 Å². The third kappa shape index (κ3) is 6.45. The number of aromatic nitrogens is 2. The van der Waals surface area contributed by atoms with E-state index in [0.717, 1.165) is 18.7 Å². The molecule has 0 bridgehead atoms. The molecule has 5 aromatic carbocycles. The van der Waals surface area contributed by atoms with Crippen molar-refractivity contribution in [1.82, 2.24) is 9.13 Å². The normalized spacial score (nSPS) is 13.1. The van der Waals surface area contributed by atoms with E-state index in [1.807, 2.05) is 0 Å². The van der Waals surface area contributed by atoms with Gasteiger partial charge in [-0.1, -0.05) is 119 Å². The van der Waals surface area contributed by atoms with E-state index in [-0.39, 0.29) is 21.7 Å². The number of fused-ring (bicyclic) bond motifs is 6. The van der Waals surface area contributed by atoms with Crippen molar-refractivity contribution in [1.29, 1.82) is 0 Å². The molecule has 52 heavy (non-hydrogen) atoms. The van der Waals surface area contributed by atoms with Gasteiger partial charge in [0.2, 0.25) is 0 Å². The summed E-state index contributed by atoms with van der Waals surface area (Å²) in [5.74, 6) is 2.99. The predicted molar refractivity (Wildman–Crippen MR) is 226 cm³/mol. The average Bonchev–Trinajstić information content (AvgIpc) is 3.53. The Morgan fingerprint density at radius 2 is 0.673 bits per heavy atom. The molecule has 2 nitrogen and oxygen atoms in total. The van der Waals surface area contributed by atoms with Crippen LogP contribution in [-0.2, 0) is 34.7 Å². The third-order valence-corrected chi connectivity index (χ3v) is 11.1. The summed E-state index contributed by atoms with van der Waals surface area (Å²) in [6.45, 7) is 29.0. The van der Waals surface area contributed by atoms with E-state index in [1.165, 1.54) is 77.0 Å². The van der Waals surface area contributed by atoms with Gasteiger partial charge in [-0.3, -0.25) is 0 Å². The van der Waals surface area contributed by atoms with Crippen molar-refractivity contribution in [3.05, 3.63) is 130 Å². The molecule has 2 heteroatoms. The smallest absolute Gasteiger partial charge is 0.0494 e. The van der Waals surface area contributed by atoms with Gasteiger partial charge in [-0.15, -0.1) is 6.42 Å². The maximum atomic E-state index is 6.16. The number of rotatable bonds is 4. The molecular formula is C50H56N2. The Bertz CT molecular complexity index is 2240. The zero-order chi connectivity index (χ0) is 37.5. The summed E-state index contributed by atoms with van der Waals surface area (Å²) in [5, 5.41) is 5.26. The Morgan fingerprint density at radius 3 is 0.904 bits per heavy atom. The first-order valence-electron chi connectivity index (χ1n) is 19.0. The number of terminal acetylenes is 1. The van der Waals surface area contributed by atoms with Crippen LogP contribution in [0, 0.1) is 12.3 Å². The summed E-state index contributed by atoms with van der Waals surface area (Å²) in [5.41, 5.74) is 14.1. The van der Waals surface area contributed by atoms with E-state index < -0.39 is 0 Å². The Morgan fingerprint density at radius 1 is 0.404 bits per heavy atom. The van der Waals surface area contributed by atoms with Crippen LogP contribution in [0.5, 0.6) is 0 Å². The molecule has 0 spiro atoms. The van der Waals surface area contributed by atoms with E-state index in [2.05, 4.69) is 189 Å². The molecule has 0 radical (unpaired) electrons. The molecule has 2 heterocycles. The van der Waals surface area contributed by atoms with Crippen LogP contribution in [0.1, 0.15) is 122 Å². The van der Waals surface area contributed by atoms with E-state index >= 15 is 0 Å². The first-order chi connectivity index (χ1) is 24.2. The quantitative estimate of drug-likeness (QED) is 0.163. The molecule has 0 fully saturated rings. The molecule has 0 aliphatic rings. The van der Waals surface area contributed by atoms with Gasteiger partial charge >= 0.3 is 0 Å². The standard InChI is InChI=1S/C50H56N2/c1-14-32-23-33(30-51-43-19-15-35(47(2,3)4)26-39(43)40-27-36(48(5,6)7)16-20-44(40)51)25-34(24-32)31-52-45-21-17-37(49(8,9)10)28-41(45)42-29-38(50(11,12)13)18-22-46(42)52/h1,15-29H,30-31H2,2-13H3. The predicted octanol–water partition coefficient (Wildman–Crippen LogP) is 13.2. The van der Waals surface area contributed by atoms with Crippen molar-refractivity contribution in [3.63, 3.8) is 0 Å². The Hall–Kier alpha value is -4.74. The van der Waals surface area contributed by atoms with Crippen molar-refractivity contribution >= 4 is 43.6 Å². The molecule has 0 aliphatic carbocycles. The fourth-order valence-corrected chi connectivity index (χ4v) is 7.81. The van der Waals surface area contributed by atoms with Gasteiger partial charge in [0.15, 0.2) is 0 Å². The molecule has 0 N–H and O–H groups in total. The monoisotopic (exact) mass is 684 g/mol. The summed E-state index contributed by atoms with van der Waals surface area (Å²) in [7, 11) is 0. The number of benzene rings is 5. The highest BCUT2D eigenvalue weighted by molar-refractivity contribution is 6.09. The second-order valence-corrected chi connectivity index (χ2v) is 19.3. The first-order valence-corrected chi connectivity index (χ1v) is 19.0. The summed E-state index contributed by atoms with van der Waals surface area (Å²) < 4.78 is 4.98. The minimum Gasteiger partial charge on any atom is -0.336 e. The highest BCUT2D eigenvalue weighted by Crippen LogP contribution is 2.38. The van der Waals surface area contributed by atoms with Crippen LogP contribution < -0.4 is 0 Å². The lowest BCUT2D eigenvalue weighted by Gasteiger charge is -2.19. The summed E-state index contributed by atoms with van der Waals surface area (Å²) in [6, 6.07) is 35.0. The highest BCUT2D eigenvalue weighted by atomic mass is 15.0. The van der Waals surface area contributed by atoms with E-state index in [1.54, 1.807) is 0 Å². The van der Waals surface area contributed by atoms with Crippen molar-refractivity contribution < 1.29 is 0 Å². The van der Waals surface area contributed by atoms with Crippen LogP contribution >= 0.6 is 0 Å². The van der Waals surface area contributed by atoms with Crippen molar-refractivity contribution in [2.45, 2.75) is 118 Å². The largest absolute Gasteiger partial charge is 0.336 e. The van der Waals surface area contributed by atoms with Crippen LogP contribution in [-0.4, -0.2) is 9.13 Å². The van der Waals surface area contributed by atoms with Crippen molar-refractivity contribution in [2.24, 2.45) is 0 Å². The maximum Gasteiger partial charge on any atom is 0.0494 e. The van der Waals surface area contributed by atoms with Gasteiger partial charge in [0.05, 0.1) is 0 Å². The molecule has 266 valence electrons. The van der Waals surface area contributed by atoms with Gasteiger partial charge in [-0.25, -0.2) is 0 Å². The summed E-state index contributed by atoms with van der Waals surface area (Å²) in [6.07, 6.45) is 6.16. The molecule has 2 aromatic heterocycles. The van der Waals surface area contributed by atoms with Crippen LogP contribution in [0.25, 0.3) is 43.6 Å². The molecule has 0 aliphatic heterocycles. The maximum absolute atomic E-state index is 6.16. The summed E-state index contributed by atoms with van der Waals surface area (Å²) >= 11 is 0. The SMILES string of the molecule is C#Cc1cc(Cn2c3ccc(C(C)(C)C)cc3c3cc(C(C)(C)C)ccc32)cc(Cn2c3ccc(C(C)(C)C)cc3c3cc(C(C)(C)C)ccc32)c1. The topological polar surface area (TPSA) is 9.86 Å². The molecule has 7 aromatic rings. The van der Waals surface area contributed by atoms with E-state index in [0.29, 0.717) is 0 Å². The number of hydrogen-bond acceptors (Lipinski definition) is 0. The zero-order valence-corrected chi connectivity index (χ0v) is 33.5. The number of hydrogen-bond donors (Lipinski definition) is 0. The van der Waals surface area contributed by atoms with E-state index in [4.69, 9.17) is 6.42 Å². The molecule has 0 unspecified atom stereocenters. The fourth-order valence-electron chi connectivity index (χ4n) is 7.81. The highest BCUT2D eigenvalue weighted by Gasteiger charge is 2.23. The minimum absolute atomic E-state index is 0.0652. The van der Waals surface area contributed by atoms with Gasteiger partial charge in [0.1, 0.15) is 0 Å². The molecule has 0 amide bonds. The molecule has 0 atom stereocenters. The Labute approximate surface area is 311 Å². The lowest BCUT2D eigenvalue weighted by molar-refractivity contribution is 0.590. The van der Waals surface area contributed by atoms with Crippen molar-refractivity contribution in [2.75, 3.05) is 0 Å². The van der Waals surface area contributed by atoms with Gasteiger partial charge in [0, 0.05) is 62.3 Å². The molecule has 0 saturated carbocycles. The van der Waals surface area contributed by atoms with Crippen LogP contribution in [0.4, 0.5) is 0 Å². The Balaban J connectivity index is 1.37. The second-order valence-electron chi connectivity index (χ2n) is 19.3. The third-order valence-electron chi connectivity index (χ3n) is 11.1. The van der Waals surface area contributed by atoms with Crippen LogP contribution in [0.2, 0.25) is 0 Å². The minimum atomic E-state index is 0.0652. The zero-order valence-electron chi connectivity index (χ0n) is 33.5. The van der Waals surface area contributed by atoms with Crippen LogP contribution in [0.15, 0.2) is 91.0 Å². The van der Waals surface area contributed by atoms with Crippen LogP contribution in [0.3, 0.4) is 0 Å². The molecular weight excluding hydrogens is 629 g/mol. The van der Waals surface area contributed by atoms with Gasteiger partial charge < -0.3 is 9.13 Å². The lowest BCUT2D eigenvalue weighted by atomic mass is 9.85. The first kappa shape index (κ1) is 35.7. The molecule has 0 saturated heterocycles. The van der Waals surface area contributed by atoms with Crippen molar-refractivity contribution in [3.8, 4) is 12.3 Å². The van der Waals surface area contributed by atoms with Gasteiger partial charge in [-0.2, -0.15) is 0 Å². The van der Waals surface area contributed by atoms with Gasteiger partial charge in [-0.05, 0) is 116 Å². The Kier molecular flexibility index (Phi) is 8.34. The molecule has 7 rings (SSSR count). The summed E-state index contributed by atoms with van der Waals surface area (Å²) in [4.78, 5) is 0.